The first-order valence-corrected chi connectivity index (χ1v) is 6.28. The predicted molar refractivity (Wildman–Crippen MR) is 60.3 cm³/mol. The summed E-state index contributed by atoms with van der Waals surface area (Å²) in [6.07, 6.45) is 6.96. The Kier molecular flexibility index (Phi) is 3.29. The van der Waals surface area contributed by atoms with Crippen LogP contribution in [0.15, 0.2) is 0 Å². The van der Waals surface area contributed by atoms with Crippen molar-refractivity contribution in [2.75, 3.05) is 0 Å². The molecule has 0 heterocycles. The number of hydrogen-bond donors (Lipinski definition) is 2. The van der Waals surface area contributed by atoms with Crippen LogP contribution in [-0.2, 0) is 4.79 Å². The molecule has 3 nitrogen and oxygen atoms in total. The standard InChI is InChI=1S/C12H22N2O/c1-2-3-10(13)12(15)14-11(8-4-5-8)9-6-7-9/h8-11H,2-7,13H2,1H3,(H,14,15)/t10-/m1/s1. The van der Waals surface area contributed by atoms with Gasteiger partial charge in [-0.2, -0.15) is 0 Å². The minimum atomic E-state index is -0.296. The molecule has 2 aliphatic carbocycles. The highest BCUT2D eigenvalue weighted by Gasteiger charge is 2.42. The predicted octanol–water partition coefficient (Wildman–Crippen LogP) is 1.42. The molecule has 0 unspecified atom stereocenters. The van der Waals surface area contributed by atoms with Gasteiger partial charge in [0.2, 0.25) is 5.91 Å². The first-order chi connectivity index (χ1) is 7.22. The van der Waals surface area contributed by atoms with Crippen molar-refractivity contribution < 1.29 is 4.79 Å². The Morgan fingerprint density at radius 1 is 1.33 bits per heavy atom. The maximum Gasteiger partial charge on any atom is 0.237 e. The van der Waals surface area contributed by atoms with Gasteiger partial charge in [0, 0.05) is 6.04 Å². The quantitative estimate of drug-likeness (QED) is 0.696. The molecule has 2 fully saturated rings. The van der Waals surface area contributed by atoms with Crippen LogP contribution in [0, 0.1) is 11.8 Å². The van der Waals surface area contributed by atoms with Crippen LogP contribution >= 0.6 is 0 Å². The van der Waals surface area contributed by atoms with E-state index in [1.54, 1.807) is 0 Å². The second-order valence-corrected chi connectivity index (χ2v) is 5.10. The Hall–Kier alpha value is -0.570. The number of nitrogens with two attached hydrogens (primary N) is 1. The summed E-state index contributed by atoms with van der Waals surface area (Å²) in [5, 5.41) is 3.16. The topological polar surface area (TPSA) is 55.1 Å². The van der Waals surface area contributed by atoms with E-state index in [4.69, 9.17) is 5.73 Å². The van der Waals surface area contributed by atoms with Gasteiger partial charge in [-0.3, -0.25) is 4.79 Å². The summed E-state index contributed by atoms with van der Waals surface area (Å²) in [4.78, 5) is 11.8. The van der Waals surface area contributed by atoms with Crippen molar-refractivity contribution in [2.45, 2.75) is 57.5 Å². The Balaban J connectivity index is 1.80. The molecule has 0 aromatic rings. The van der Waals surface area contributed by atoms with Gasteiger partial charge in [-0.1, -0.05) is 13.3 Å². The monoisotopic (exact) mass is 210 g/mol. The number of nitrogens with one attached hydrogen (secondary N) is 1. The second kappa shape index (κ2) is 4.52. The van der Waals surface area contributed by atoms with E-state index in [0.717, 1.165) is 24.7 Å². The van der Waals surface area contributed by atoms with Crippen molar-refractivity contribution in [1.82, 2.24) is 5.32 Å². The number of hydrogen-bond acceptors (Lipinski definition) is 2. The van der Waals surface area contributed by atoms with Gasteiger partial charge in [0.05, 0.1) is 6.04 Å². The zero-order valence-electron chi connectivity index (χ0n) is 9.54. The van der Waals surface area contributed by atoms with E-state index in [-0.39, 0.29) is 11.9 Å². The van der Waals surface area contributed by atoms with E-state index in [1.165, 1.54) is 25.7 Å². The first-order valence-electron chi connectivity index (χ1n) is 6.28. The third kappa shape index (κ3) is 2.94. The van der Waals surface area contributed by atoms with Crippen molar-refractivity contribution in [3.8, 4) is 0 Å². The second-order valence-electron chi connectivity index (χ2n) is 5.10. The van der Waals surface area contributed by atoms with Crippen molar-refractivity contribution in [2.24, 2.45) is 17.6 Å². The van der Waals surface area contributed by atoms with Crippen LogP contribution < -0.4 is 11.1 Å². The maximum atomic E-state index is 11.8. The molecule has 0 saturated heterocycles. The summed E-state index contributed by atoms with van der Waals surface area (Å²) in [6.45, 7) is 2.06. The molecule has 0 aromatic carbocycles. The van der Waals surface area contributed by atoms with Crippen LogP contribution in [0.4, 0.5) is 0 Å². The van der Waals surface area contributed by atoms with Gasteiger partial charge < -0.3 is 11.1 Å². The van der Waals surface area contributed by atoms with Gasteiger partial charge in [0.15, 0.2) is 0 Å². The van der Waals surface area contributed by atoms with Crippen molar-refractivity contribution in [3.05, 3.63) is 0 Å². The fourth-order valence-electron chi connectivity index (χ4n) is 2.24. The van der Waals surface area contributed by atoms with Crippen molar-refractivity contribution in [3.63, 3.8) is 0 Å². The van der Waals surface area contributed by atoms with E-state index >= 15 is 0 Å². The highest BCUT2D eigenvalue weighted by molar-refractivity contribution is 5.81. The Bertz CT molecular complexity index is 222. The average molecular weight is 210 g/mol. The van der Waals surface area contributed by atoms with E-state index in [9.17, 15) is 4.79 Å². The first kappa shape index (κ1) is 10.9. The Labute approximate surface area is 91.8 Å². The largest absolute Gasteiger partial charge is 0.351 e. The number of carbonyl (C=O) groups is 1. The van der Waals surface area contributed by atoms with Crippen molar-refractivity contribution >= 4 is 5.91 Å². The molecule has 3 heteroatoms. The van der Waals surface area contributed by atoms with Gasteiger partial charge in [0.1, 0.15) is 0 Å². The van der Waals surface area contributed by atoms with E-state index in [0.29, 0.717) is 6.04 Å². The lowest BCUT2D eigenvalue weighted by Gasteiger charge is -2.20. The van der Waals surface area contributed by atoms with Gasteiger partial charge in [-0.25, -0.2) is 0 Å². The smallest absolute Gasteiger partial charge is 0.237 e. The third-order valence-electron chi connectivity index (χ3n) is 3.51. The van der Waals surface area contributed by atoms with Crippen molar-refractivity contribution in [1.29, 1.82) is 0 Å². The lowest BCUT2D eigenvalue weighted by atomic mass is 10.1. The molecule has 2 rings (SSSR count). The van der Waals surface area contributed by atoms with Crippen LogP contribution in [0.3, 0.4) is 0 Å². The molecule has 2 aliphatic rings. The van der Waals surface area contributed by atoms with Crippen LogP contribution in [-0.4, -0.2) is 18.0 Å². The summed E-state index contributed by atoms with van der Waals surface area (Å²) in [7, 11) is 0. The SMILES string of the molecule is CCC[C@@H](N)C(=O)NC(C1CC1)C1CC1. The van der Waals surface area contributed by atoms with Gasteiger partial charge in [0.25, 0.3) is 0 Å². The average Bonchev–Trinajstić information content (AvgIpc) is 3.03. The molecular weight excluding hydrogens is 188 g/mol. The number of amides is 1. The lowest BCUT2D eigenvalue weighted by molar-refractivity contribution is -0.123. The molecule has 1 amide bonds. The molecule has 0 aromatic heterocycles. The molecule has 0 spiro atoms. The molecular formula is C12H22N2O. The summed E-state index contributed by atoms with van der Waals surface area (Å²) < 4.78 is 0. The number of carbonyl (C=O) groups excluding carboxylic acids is 1. The Morgan fingerprint density at radius 2 is 1.87 bits per heavy atom. The van der Waals surface area contributed by atoms with E-state index in [2.05, 4.69) is 12.2 Å². The normalized spacial score (nSPS) is 22.9. The Morgan fingerprint density at radius 3 is 2.27 bits per heavy atom. The fourth-order valence-corrected chi connectivity index (χ4v) is 2.24. The fraction of sp³-hybridized carbons (Fsp3) is 0.917. The lowest BCUT2D eigenvalue weighted by Crippen LogP contribution is -2.47. The molecule has 0 radical (unpaired) electrons. The van der Waals surface area contributed by atoms with Crippen LogP contribution in [0.25, 0.3) is 0 Å². The van der Waals surface area contributed by atoms with Gasteiger partial charge in [-0.15, -0.1) is 0 Å². The molecule has 86 valence electrons. The summed E-state index contributed by atoms with van der Waals surface area (Å²) in [5.41, 5.74) is 5.81. The molecule has 15 heavy (non-hydrogen) atoms. The summed E-state index contributed by atoms with van der Waals surface area (Å²) in [6, 6.07) is 0.149. The molecule has 0 bridgehead atoms. The maximum absolute atomic E-state index is 11.8. The number of rotatable bonds is 6. The van der Waals surface area contributed by atoms with E-state index in [1.807, 2.05) is 0 Å². The highest BCUT2D eigenvalue weighted by atomic mass is 16.2. The molecule has 3 N–H and O–H groups in total. The molecule has 2 saturated carbocycles. The summed E-state index contributed by atoms with van der Waals surface area (Å²) in [5.74, 6) is 1.59. The zero-order chi connectivity index (χ0) is 10.8. The van der Waals surface area contributed by atoms with Gasteiger partial charge >= 0.3 is 0 Å². The summed E-state index contributed by atoms with van der Waals surface area (Å²) >= 11 is 0. The molecule has 1 atom stereocenters. The van der Waals surface area contributed by atoms with Crippen LogP contribution in [0.1, 0.15) is 45.4 Å². The highest BCUT2D eigenvalue weighted by Crippen LogP contribution is 2.44. The minimum absolute atomic E-state index is 0.0700. The van der Waals surface area contributed by atoms with Crippen LogP contribution in [0.5, 0.6) is 0 Å². The zero-order valence-corrected chi connectivity index (χ0v) is 9.54. The third-order valence-corrected chi connectivity index (χ3v) is 3.51. The van der Waals surface area contributed by atoms with E-state index < -0.39 is 0 Å². The van der Waals surface area contributed by atoms with Crippen LogP contribution in [0.2, 0.25) is 0 Å². The molecule has 0 aliphatic heterocycles. The minimum Gasteiger partial charge on any atom is -0.351 e. The van der Waals surface area contributed by atoms with Gasteiger partial charge in [-0.05, 0) is 43.9 Å².